The van der Waals surface area contributed by atoms with Crippen LogP contribution in [0.3, 0.4) is 0 Å². The van der Waals surface area contributed by atoms with Crippen LogP contribution in [0.1, 0.15) is 22.3 Å². The Hall–Kier alpha value is -6.44. The smallest absolute Gasteiger partial charge is 0.0468 e. The molecule has 9 aromatic carbocycles. The molecule has 0 radical (unpaired) electrons. The second-order valence-corrected chi connectivity index (χ2v) is 14.5. The van der Waals surface area contributed by atoms with Crippen LogP contribution in [0.15, 0.2) is 176 Å². The Morgan fingerprint density at radius 1 is 0.302 bits per heavy atom. The zero-order valence-electron chi connectivity index (χ0n) is 30.7. The van der Waals surface area contributed by atoms with E-state index in [1.807, 2.05) is 0 Å². The molecule has 0 atom stereocenters. The van der Waals surface area contributed by atoms with E-state index in [-0.39, 0.29) is 0 Å². The van der Waals surface area contributed by atoms with E-state index < -0.39 is 0 Å². The minimum Gasteiger partial charge on any atom is -0.310 e. The number of fused-ring (bicyclic) bond motifs is 6. The average Bonchev–Trinajstić information content (AvgIpc) is 3.17. The summed E-state index contributed by atoms with van der Waals surface area (Å²) in [4.78, 5) is 2.44. The van der Waals surface area contributed by atoms with E-state index in [1.54, 1.807) is 0 Å². The van der Waals surface area contributed by atoms with Crippen molar-refractivity contribution in [2.75, 3.05) is 4.90 Å². The van der Waals surface area contributed by atoms with E-state index in [1.165, 1.54) is 99.3 Å². The molecule has 0 spiro atoms. The van der Waals surface area contributed by atoms with Crippen LogP contribution in [-0.2, 0) is 0 Å². The van der Waals surface area contributed by atoms with Gasteiger partial charge in [-0.25, -0.2) is 0 Å². The van der Waals surface area contributed by atoms with Gasteiger partial charge in [0.15, 0.2) is 0 Å². The molecule has 1 heteroatoms. The zero-order valence-corrected chi connectivity index (χ0v) is 30.7. The molecule has 9 rings (SSSR count). The van der Waals surface area contributed by atoms with Gasteiger partial charge in [-0.15, -0.1) is 0 Å². The molecule has 0 bridgehead atoms. The minimum absolute atomic E-state index is 1.14. The molecule has 0 unspecified atom stereocenters. The first-order valence-corrected chi connectivity index (χ1v) is 18.5. The van der Waals surface area contributed by atoms with Crippen LogP contribution < -0.4 is 4.90 Å². The van der Waals surface area contributed by atoms with Gasteiger partial charge in [-0.1, -0.05) is 133 Å². The van der Waals surface area contributed by atoms with Gasteiger partial charge in [-0.3, -0.25) is 0 Å². The lowest BCUT2D eigenvalue weighted by atomic mass is 9.81. The third-order valence-electron chi connectivity index (χ3n) is 10.5. The number of benzene rings is 9. The topological polar surface area (TPSA) is 3.24 Å². The average molecular weight is 680 g/mol. The Balaban J connectivity index is 1.46. The Morgan fingerprint density at radius 3 is 1.30 bits per heavy atom. The molecular formula is C52H41N. The van der Waals surface area contributed by atoms with Crippen molar-refractivity contribution >= 4 is 49.4 Å². The molecule has 0 aliphatic carbocycles. The largest absolute Gasteiger partial charge is 0.310 e. The lowest BCUT2D eigenvalue weighted by molar-refractivity contribution is 1.24. The standard InChI is InChI=1S/C52H41N/c1-34-26-35(2)29-42(28-34)53(43-30-36(3)27-37(4)31-43)41-24-25-46-49(32-41)44-22-14-15-23-45(44)51-48(39-18-10-6-11-19-39)33-47(38-16-8-5-9-17-38)50(52(46)51)40-20-12-7-13-21-40/h5-33H,1-4H3. The normalized spacial score (nSPS) is 11.4. The van der Waals surface area contributed by atoms with Crippen LogP contribution in [0.4, 0.5) is 17.1 Å². The van der Waals surface area contributed by atoms with E-state index in [0.717, 1.165) is 5.69 Å². The molecular weight excluding hydrogens is 639 g/mol. The first-order chi connectivity index (χ1) is 25.9. The third-order valence-corrected chi connectivity index (χ3v) is 10.5. The third kappa shape index (κ3) is 5.85. The molecule has 254 valence electrons. The molecule has 0 N–H and O–H groups in total. The lowest BCUT2D eigenvalue weighted by Crippen LogP contribution is -2.11. The molecule has 0 saturated carbocycles. The van der Waals surface area contributed by atoms with Gasteiger partial charge in [-0.05, 0) is 158 Å². The van der Waals surface area contributed by atoms with Crippen molar-refractivity contribution in [2.45, 2.75) is 27.7 Å². The molecule has 9 aromatic rings. The van der Waals surface area contributed by atoms with Crippen molar-refractivity contribution < 1.29 is 0 Å². The first-order valence-electron chi connectivity index (χ1n) is 18.5. The van der Waals surface area contributed by atoms with Crippen LogP contribution in [0.5, 0.6) is 0 Å². The molecule has 0 aromatic heterocycles. The summed E-state index contributed by atoms with van der Waals surface area (Å²) in [5.74, 6) is 0. The van der Waals surface area contributed by atoms with Crippen molar-refractivity contribution in [2.24, 2.45) is 0 Å². The number of hydrogen-bond donors (Lipinski definition) is 0. The highest BCUT2D eigenvalue weighted by Crippen LogP contribution is 2.50. The predicted octanol–water partition coefficient (Wildman–Crippen LogP) is 14.9. The van der Waals surface area contributed by atoms with Gasteiger partial charge in [0, 0.05) is 17.1 Å². The second-order valence-electron chi connectivity index (χ2n) is 14.5. The Morgan fingerprint density at radius 2 is 0.755 bits per heavy atom. The highest BCUT2D eigenvalue weighted by atomic mass is 15.1. The van der Waals surface area contributed by atoms with Gasteiger partial charge < -0.3 is 4.90 Å². The van der Waals surface area contributed by atoms with Gasteiger partial charge in [0.1, 0.15) is 0 Å². The maximum Gasteiger partial charge on any atom is 0.0468 e. The van der Waals surface area contributed by atoms with Crippen LogP contribution in [0, 0.1) is 27.7 Å². The summed E-state index contributed by atoms with van der Waals surface area (Å²) in [7, 11) is 0. The molecule has 0 amide bonds. The van der Waals surface area contributed by atoms with E-state index >= 15 is 0 Å². The SMILES string of the molecule is Cc1cc(C)cc(N(c2cc(C)cc(C)c2)c2ccc3c(c2)c2ccccc2c2c(-c4ccccc4)cc(-c4ccccc4)c(-c4ccccc4)c32)c1. The van der Waals surface area contributed by atoms with Gasteiger partial charge >= 0.3 is 0 Å². The van der Waals surface area contributed by atoms with Gasteiger partial charge in [-0.2, -0.15) is 0 Å². The fraction of sp³-hybridized carbons (Fsp3) is 0.0769. The highest BCUT2D eigenvalue weighted by molar-refractivity contribution is 6.33. The van der Waals surface area contributed by atoms with Gasteiger partial charge in [0.2, 0.25) is 0 Å². The van der Waals surface area contributed by atoms with Crippen LogP contribution in [-0.4, -0.2) is 0 Å². The van der Waals surface area contributed by atoms with Crippen molar-refractivity contribution in [1.29, 1.82) is 0 Å². The fourth-order valence-corrected chi connectivity index (χ4v) is 8.48. The highest BCUT2D eigenvalue weighted by Gasteiger charge is 2.23. The monoisotopic (exact) mass is 679 g/mol. The van der Waals surface area contributed by atoms with E-state index in [4.69, 9.17) is 0 Å². The van der Waals surface area contributed by atoms with Crippen molar-refractivity contribution in [3.63, 3.8) is 0 Å². The summed E-state index contributed by atoms with van der Waals surface area (Å²) in [6.45, 7) is 8.76. The van der Waals surface area contributed by atoms with Crippen molar-refractivity contribution in [1.82, 2.24) is 0 Å². The molecule has 0 heterocycles. The number of hydrogen-bond acceptors (Lipinski definition) is 1. The first kappa shape index (κ1) is 32.5. The van der Waals surface area contributed by atoms with Gasteiger partial charge in [0.25, 0.3) is 0 Å². The quantitative estimate of drug-likeness (QED) is 0.158. The minimum atomic E-state index is 1.14. The summed E-state index contributed by atoms with van der Waals surface area (Å²) in [6.07, 6.45) is 0. The van der Waals surface area contributed by atoms with E-state index in [0.29, 0.717) is 0 Å². The Bertz CT molecular complexity index is 2710. The molecule has 0 saturated heterocycles. The predicted molar refractivity (Wildman–Crippen MR) is 229 cm³/mol. The zero-order chi connectivity index (χ0) is 36.1. The maximum atomic E-state index is 2.44. The summed E-state index contributed by atoms with van der Waals surface area (Å²) in [5.41, 5.74) is 15.8. The number of anilines is 3. The number of nitrogens with zero attached hydrogens (tertiary/aromatic N) is 1. The number of rotatable bonds is 6. The Kier molecular flexibility index (Phi) is 8.13. The summed E-state index contributed by atoms with van der Waals surface area (Å²) < 4.78 is 0. The molecule has 0 fully saturated rings. The molecule has 53 heavy (non-hydrogen) atoms. The molecule has 0 aliphatic rings. The van der Waals surface area contributed by atoms with Crippen LogP contribution in [0.25, 0.3) is 65.7 Å². The van der Waals surface area contributed by atoms with Crippen LogP contribution >= 0.6 is 0 Å². The van der Waals surface area contributed by atoms with Crippen LogP contribution in [0.2, 0.25) is 0 Å². The molecule has 0 aliphatic heterocycles. The van der Waals surface area contributed by atoms with Gasteiger partial charge in [0.05, 0.1) is 0 Å². The summed E-state index contributed by atoms with van der Waals surface area (Å²) in [6, 6.07) is 65.1. The maximum absolute atomic E-state index is 2.44. The summed E-state index contributed by atoms with van der Waals surface area (Å²) >= 11 is 0. The lowest BCUT2D eigenvalue weighted by Gasteiger charge is -2.28. The van der Waals surface area contributed by atoms with E-state index in [9.17, 15) is 0 Å². The van der Waals surface area contributed by atoms with E-state index in [2.05, 4.69) is 209 Å². The molecule has 1 nitrogen and oxygen atoms in total. The fourth-order valence-electron chi connectivity index (χ4n) is 8.48. The Labute approximate surface area is 312 Å². The number of aryl methyl sites for hydroxylation is 4. The second kappa shape index (κ2) is 13.3. The summed E-state index contributed by atoms with van der Waals surface area (Å²) in [5, 5.41) is 7.56. The van der Waals surface area contributed by atoms with Crippen molar-refractivity contribution in [3.05, 3.63) is 198 Å². The van der Waals surface area contributed by atoms with Crippen molar-refractivity contribution in [3.8, 4) is 33.4 Å².